The maximum atomic E-state index is 4.07. The van der Waals surface area contributed by atoms with Crippen molar-refractivity contribution < 1.29 is 0 Å². The largest absolute Gasteiger partial charge is 0.380 e. The first-order chi connectivity index (χ1) is 6.34. The second-order valence-electron chi connectivity index (χ2n) is 3.48. The first-order valence-electron chi connectivity index (χ1n) is 4.62. The summed E-state index contributed by atoms with van der Waals surface area (Å²) in [6.45, 7) is 2.31. The number of hydrogen-bond acceptors (Lipinski definition) is 4. The SMILES string of the molecule is CC1CCC(Nc2cnsc2)CS1. The van der Waals surface area contributed by atoms with Crippen molar-refractivity contribution in [3.05, 3.63) is 11.6 Å². The third kappa shape index (κ3) is 2.61. The van der Waals surface area contributed by atoms with Crippen LogP contribution in [0.15, 0.2) is 11.6 Å². The normalized spacial score (nSPS) is 28.7. The molecule has 1 fully saturated rings. The van der Waals surface area contributed by atoms with Gasteiger partial charge in [-0.1, -0.05) is 6.92 Å². The van der Waals surface area contributed by atoms with Gasteiger partial charge in [0.1, 0.15) is 0 Å². The van der Waals surface area contributed by atoms with Gasteiger partial charge >= 0.3 is 0 Å². The summed E-state index contributed by atoms with van der Waals surface area (Å²) in [5.74, 6) is 1.23. The van der Waals surface area contributed by atoms with Gasteiger partial charge < -0.3 is 5.32 Å². The lowest BCUT2D eigenvalue weighted by Gasteiger charge is -2.26. The summed E-state index contributed by atoms with van der Waals surface area (Å²) >= 11 is 3.58. The molecule has 0 radical (unpaired) electrons. The molecule has 0 spiro atoms. The molecule has 1 aromatic rings. The molecule has 2 unspecified atom stereocenters. The molecule has 2 heterocycles. The molecule has 2 atom stereocenters. The zero-order valence-electron chi connectivity index (χ0n) is 7.69. The summed E-state index contributed by atoms with van der Waals surface area (Å²) < 4.78 is 4.07. The lowest BCUT2D eigenvalue weighted by molar-refractivity contribution is 0.636. The molecule has 0 bridgehead atoms. The summed E-state index contributed by atoms with van der Waals surface area (Å²) in [5.41, 5.74) is 1.19. The average molecular weight is 214 g/mol. The lowest BCUT2D eigenvalue weighted by atomic mass is 10.1. The van der Waals surface area contributed by atoms with Crippen LogP contribution >= 0.6 is 23.3 Å². The number of hydrogen-bond donors (Lipinski definition) is 1. The Bertz CT molecular complexity index is 240. The number of aromatic nitrogens is 1. The maximum Gasteiger partial charge on any atom is 0.0655 e. The van der Waals surface area contributed by atoms with Gasteiger partial charge in [0.05, 0.1) is 11.9 Å². The van der Waals surface area contributed by atoms with Gasteiger partial charge in [-0.15, -0.1) is 0 Å². The average Bonchev–Trinajstić information content (AvgIpc) is 2.62. The van der Waals surface area contributed by atoms with Crippen molar-refractivity contribution in [2.75, 3.05) is 11.1 Å². The Balaban J connectivity index is 1.83. The van der Waals surface area contributed by atoms with Gasteiger partial charge in [0.25, 0.3) is 0 Å². The minimum absolute atomic E-state index is 0.651. The Labute approximate surface area is 87.3 Å². The Morgan fingerprint density at radius 2 is 2.46 bits per heavy atom. The molecule has 4 heteroatoms. The van der Waals surface area contributed by atoms with Crippen molar-refractivity contribution in [2.24, 2.45) is 0 Å². The Morgan fingerprint density at radius 1 is 1.54 bits per heavy atom. The van der Waals surface area contributed by atoms with Crippen LogP contribution < -0.4 is 5.32 Å². The predicted molar refractivity (Wildman–Crippen MR) is 60.7 cm³/mol. The van der Waals surface area contributed by atoms with Crippen LogP contribution in [0.5, 0.6) is 0 Å². The molecule has 0 amide bonds. The highest BCUT2D eigenvalue weighted by atomic mass is 32.2. The third-order valence-corrected chi connectivity index (χ3v) is 4.29. The topological polar surface area (TPSA) is 24.9 Å². The van der Waals surface area contributed by atoms with Gasteiger partial charge in [-0.25, -0.2) is 0 Å². The van der Waals surface area contributed by atoms with Crippen molar-refractivity contribution in [3.8, 4) is 0 Å². The molecule has 1 saturated heterocycles. The minimum atomic E-state index is 0.651. The number of nitrogens with zero attached hydrogens (tertiary/aromatic N) is 1. The fraction of sp³-hybridized carbons (Fsp3) is 0.667. The number of nitrogens with one attached hydrogen (secondary N) is 1. The maximum absolute atomic E-state index is 4.07. The summed E-state index contributed by atoms with van der Waals surface area (Å²) in [7, 11) is 0. The van der Waals surface area contributed by atoms with Gasteiger partial charge in [0.15, 0.2) is 0 Å². The van der Waals surface area contributed by atoms with E-state index < -0.39 is 0 Å². The van der Waals surface area contributed by atoms with E-state index >= 15 is 0 Å². The highest BCUT2D eigenvalue weighted by Gasteiger charge is 2.18. The zero-order valence-corrected chi connectivity index (χ0v) is 9.33. The highest BCUT2D eigenvalue weighted by molar-refractivity contribution is 7.99. The van der Waals surface area contributed by atoms with E-state index in [0.717, 1.165) is 5.25 Å². The van der Waals surface area contributed by atoms with Gasteiger partial charge in [-0.05, 0) is 24.4 Å². The molecular weight excluding hydrogens is 200 g/mol. The molecule has 13 heavy (non-hydrogen) atoms. The molecule has 1 aliphatic rings. The molecular formula is C9H14N2S2. The lowest BCUT2D eigenvalue weighted by Crippen LogP contribution is -2.27. The van der Waals surface area contributed by atoms with Gasteiger partial charge in [-0.3, -0.25) is 0 Å². The molecule has 0 aliphatic carbocycles. The predicted octanol–water partition coefficient (Wildman–Crippen LogP) is 2.84. The smallest absolute Gasteiger partial charge is 0.0655 e. The van der Waals surface area contributed by atoms with E-state index in [2.05, 4.69) is 33.8 Å². The van der Waals surface area contributed by atoms with Crippen LogP contribution in [0.25, 0.3) is 0 Å². The first-order valence-corrected chi connectivity index (χ1v) is 6.50. The van der Waals surface area contributed by atoms with E-state index in [-0.39, 0.29) is 0 Å². The molecule has 1 aromatic heterocycles. The van der Waals surface area contributed by atoms with Gasteiger partial charge in [0.2, 0.25) is 0 Å². The van der Waals surface area contributed by atoms with Gasteiger partial charge in [0, 0.05) is 22.4 Å². The Morgan fingerprint density at radius 3 is 3.08 bits per heavy atom. The van der Waals surface area contributed by atoms with Crippen LogP contribution in [-0.4, -0.2) is 21.4 Å². The van der Waals surface area contributed by atoms with Crippen LogP contribution in [0.1, 0.15) is 19.8 Å². The van der Waals surface area contributed by atoms with Crippen molar-refractivity contribution in [1.82, 2.24) is 4.37 Å². The molecule has 0 saturated carbocycles. The molecule has 1 aliphatic heterocycles. The number of anilines is 1. The summed E-state index contributed by atoms with van der Waals surface area (Å²) in [4.78, 5) is 0. The van der Waals surface area contributed by atoms with Crippen molar-refractivity contribution in [2.45, 2.75) is 31.1 Å². The van der Waals surface area contributed by atoms with Crippen molar-refractivity contribution >= 4 is 29.0 Å². The second-order valence-corrected chi connectivity index (χ2v) is 5.60. The fourth-order valence-corrected chi connectivity index (χ4v) is 3.10. The standard InChI is InChI=1S/C9H14N2S2/c1-7-2-3-8(5-12-7)11-9-4-10-13-6-9/h4,6-8,11H,2-3,5H2,1H3. The van der Waals surface area contributed by atoms with E-state index in [4.69, 9.17) is 0 Å². The van der Waals surface area contributed by atoms with Crippen LogP contribution in [0.2, 0.25) is 0 Å². The number of thioether (sulfide) groups is 1. The van der Waals surface area contributed by atoms with Gasteiger partial charge in [-0.2, -0.15) is 16.1 Å². The quantitative estimate of drug-likeness (QED) is 0.819. The van der Waals surface area contributed by atoms with E-state index in [1.165, 1.54) is 35.8 Å². The van der Waals surface area contributed by atoms with Crippen molar-refractivity contribution in [1.29, 1.82) is 0 Å². The van der Waals surface area contributed by atoms with E-state index in [1.54, 1.807) is 0 Å². The molecule has 72 valence electrons. The van der Waals surface area contributed by atoms with E-state index in [0.29, 0.717) is 6.04 Å². The first kappa shape index (κ1) is 9.34. The fourth-order valence-electron chi connectivity index (χ4n) is 1.51. The summed E-state index contributed by atoms with van der Waals surface area (Å²) in [5, 5.41) is 6.43. The molecule has 0 aromatic carbocycles. The molecule has 1 N–H and O–H groups in total. The molecule has 2 rings (SSSR count). The monoisotopic (exact) mass is 214 g/mol. The summed E-state index contributed by atoms with van der Waals surface area (Å²) in [6.07, 6.45) is 4.54. The third-order valence-electron chi connectivity index (χ3n) is 2.31. The minimum Gasteiger partial charge on any atom is -0.380 e. The number of rotatable bonds is 2. The van der Waals surface area contributed by atoms with E-state index in [1.807, 2.05) is 6.20 Å². The van der Waals surface area contributed by atoms with E-state index in [9.17, 15) is 0 Å². The summed E-state index contributed by atoms with van der Waals surface area (Å²) in [6, 6.07) is 0.651. The Hall–Kier alpha value is -0.220. The van der Waals surface area contributed by atoms with Crippen LogP contribution in [0, 0.1) is 0 Å². The molecule has 2 nitrogen and oxygen atoms in total. The van der Waals surface area contributed by atoms with Crippen LogP contribution in [0.3, 0.4) is 0 Å². The van der Waals surface area contributed by atoms with Crippen LogP contribution in [-0.2, 0) is 0 Å². The highest BCUT2D eigenvalue weighted by Crippen LogP contribution is 2.26. The van der Waals surface area contributed by atoms with Crippen molar-refractivity contribution in [3.63, 3.8) is 0 Å². The van der Waals surface area contributed by atoms with Crippen LogP contribution in [0.4, 0.5) is 5.69 Å². The Kier molecular flexibility index (Phi) is 3.11. The second kappa shape index (κ2) is 4.33. The zero-order chi connectivity index (χ0) is 9.10.